The number of aromatic nitrogens is 2. The third-order valence-corrected chi connectivity index (χ3v) is 4.19. The number of fused-ring (bicyclic) bond motifs is 1. The van der Waals surface area contributed by atoms with E-state index >= 15 is 0 Å². The zero-order valence-electron chi connectivity index (χ0n) is 15.9. The molecule has 1 aromatic heterocycles. The van der Waals surface area contributed by atoms with Crippen LogP contribution in [0.15, 0.2) is 35.6 Å². The fourth-order valence-electron chi connectivity index (χ4n) is 2.79. The van der Waals surface area contributed by atoms with Crippen molar-refractivity contribution in [1.29, 1.82) is 0 Å². The van der Waals surface area contributed by atoms with Crippen LogP contribution in [0.4, 0.5) is 5.69 Å². The van der Waals surface area contributed by atoms with Crippen LogP contribution in [0.25, 0.3) is 0 Å². The van der Waals surface area contributed by atoms with Gasteiger partial charge in [0.1, 0.15) is 0 Å². The molecule has 8 nitrogen and oxygen atoms in total. The maximum Gasteiger partial charge on any atom is 0.193 e. The summed E-state index contributed by atoms with van der Waals surface area (Å²) in [4.78, 5) is 6.59. The highest BCUT2D eigenvalue weighted by molar-refractivity contribution is 14.0. The average molecular weight is 486 g/mol. The highest BCUT2D eigenvalue weighted by Crippen LogP contribution is 2.32. The van der Waals surface area contributed by atoms with Crippen LogP contribution in [0.2, 0.25) is 0 Å². The number of aliphatic imine (C=N–C) groups is 1. The lowest BCUT2D eigenvalue weighted by Gasteiger charge is -2.21. The summed E-state index contributed by atoms with van der Waals surface area (Å²) in [6.07, 6.45) is 4.72. The smallest absolute Gasteiger partial charge is 0.193 e. The summed E-state index contributed by atoms with van der Waals surface area (Å²) in [6, 6.07) is 5.77. The molecule has 9 heteroatoms. The first-order valence-corrected chi connectivity index (χ1v) is 8.64. The van der Waals surface area contributed by atoms with Crippen LogP contribution >= 0.6 is 24.0 Å². The molecular formula is C18H27IN6O2. The van der Waals surface area contributed by atoms with Crippen LogP contribution in [0.5, 0.6) is 11.5 Å². The third-order valence-electron chi connectivity index (χ3n) is 4.19. The van der Waals surface area contributed by atoms with Gasteiger partial charge in [-0.2, -0.15) is 5.10 Å². The molecule has 0 saturated carbocycles. The van der Waals surface area contributed by atoms with Gasteiger partial charge in [0.05, 0.1) is 32.0 Å². The second kappa shape index (κ2) is 9.79. The Bertz CT molecular complexity index is 777. The molecule has 1 atom stereocenters. The first-order valence-electron chi connectivity index (χ1n) is 8.64. The maximum absolute atomic E-state index is 6.07. The van der Waals surface area contributed by atoms with E-state index in [2.05, 4.69) is 20.3 Å². The van der Waals surface area contributed by atoms with Crippen molar-refractivity contribution in [2.45, 2.75) is 12.5 Å². The van der Waals surface area contributed by atoms with Crippen LogP contribution in [-0.2, 0) is 7.05 Å². The van der Waals surface area contributed by atoms with Gasteiger partial charge in [-0.3, -0.25) is 9.67 Å². The van der Waals surface area contributed by atoms with Crippen molar-refractivity contribution >= 4 is 35.6 Å². The molecule has 0 radical (unpaired) electrons. The number of nitrogens with one attached hydrogen (secondary N) is 1. The Kier molecular flexibility index (Phi) is 7.72. The summed E-state index contributed by atoms with van der Waals surface area (Å²) in [5, 5.41) is 7.35. The molecule has 2 heterocycles. The van der Waals surface area contributed by atoms with E-state index in [9.17, 15) is 0 Å². The van der Waals surface area contributed by atoms with Gasteiger partial charge in [0.2, 0.25) is 0 Å². The molecule has 0 bridgehead atoms. The van der Waals surface area contributed by atoms with E-state index in [-0.39, 0.29) is 30.0 Å². The van der Waals surface area contributed by atoms with Crippen molar-refractivity contribution in [2.24, 2.45) is 17.8 Å². The lowest BCUT2D eigenvalue weighted by molar-refractivity contribution is 0.297. The number of likely N-dealkylation sites (N-methyl/N-ethyl adjacent to an activating group) is 1. The Labute approximate surface area is 176 Å². The molecular weight excluding hydrogens is 459 g/mol. The van der Waals surface area contributed by atoms with Crippen molar-refractivity contribution in [2.75, 3.05) is 39.2 Å². The van der Waals surface area contributed by atoms with Crippen molar-refractivity contribution in [1.82, 2.24) is 14.7 Å². The van der Waals surface area contributed by atoms with Crippen LogP contribution in [-0.4, -0.2) is 54.5 Å². The van der Waals surface area contributed by atoms with Gasteiger partial charge in [-0.25, -0.2) is 0 Å². The fraction of sp³-hybridized carbons (Fsp3) is 0.444. The summed E-state index contributed by atoms with van der Waals surface area (Å²) in [5.74, 6) is 1.84. The molecule has 27 heavy (non-hydrogen) atoms. The van der Waals surface area contributed by atoms with E-state index < -0.39 is 0 Å². The number of ether oxygens (including phenoxy) is 2. The molecule has 0 amide bonds. The molecule has 1 aliphatic rings. The largest absolute Gasteiger partial charge is 0.490 e. The van der Waals surface area contributed by atoms with E-state index in [1.165, 1.54) is 0 Å². The Morgan fingerprint density at radius 3 is 2.74 bits per heavy atom. The summed E-state index contributed by atoms with van der Waals surface area (Å²) in [6.45, 7) is 1.85. The van der Waals surface area contributed by atoms with Crippen LogP contribution in [0.3, 0.4) is 0 Å². The highest BCUT2D eigenvalue weighted by atomic mass is 127. The van der Waals surface area contributed by atoms with Crippen molar-refractivity contribution in [3.8, 4) is 11.5 Å². The minimum atomic E-state index is 0. The molecule has 2 aromatic rings. The van der Waals surface area contributed by atoms with Gasteiger partial charge in [0.25, 0.3) is 0 Å². The minimum Gasteiger partial charge on any atom is -0.490 e. The number of halogens is 1. The van der Waals surface area contributed by atoms with E-state index in [0.717, 1.165) is 29.2 Å². The molecule has 1 aromatic carbocycles. The fourth-order valence-corrected chi connectivity index (χ4v) is 2.79. The van der Waals surface area contributed by atoms with Crippen LogP contribution < -0.4 is 20.5 Å². The van der Waals surface area contributed by atoms with Crippen LogP contribution in [0, 0.1) is 0 Å². The predicted octanol–water partition coefficient (Wildman–Crippen LogP) is 2.23. The SMILES string of the molecule is CN(C)C(CN=C(N)Nc1ccc2c(c1)OCCCO2)c1cnn(C)c1.I. The molecule has 1 aliphatic heterocycles. The molecule has 0 saturated heterocycles. The second-order valence-electron chi connectivity index (χ2n) is 6.49. The number of anilines is 1. The first-order chi connectivity index (χ1) is 12.5. The molecule has 1 unspecified atom stereocenters. The van der Waals surface area contributed by atoms with Gasteiger partial charge in [0.15, 0.2) is 17.5 Å². The van der Waals surface area contributed by atoms with Gasteiger partial charge in [-0.1, -0.05) is 0 Å². The summed E-state index contributed by atoms with van der Waals surface area (Å²) in [7, 11) is 5.93. The zero-order chi connectivity index (χ0) is 18.5. The van der Waals surface area contributed by atoms with Gasteiger partial charge in [-0.15, -0.1) is 24.0 Å². The normalized spacial score (nSPS) is 15.0. The topological polar surface area (TPSA) is 89.9 Å². The molecule has 3 N–H and O–H groups in total. The van der Waals surface area contributed by atoms with Gasteiger partial charge in [-0.05, 0) is 26.2 Å². The van der Waals surface area contributed by atoms with Gasteiger partial charge in [0, 0.05) is 37.0 Å². The molecule has 0 spiro atoms. The first kappa shape index (κ1) is 21.3. The highest BCUT2D eigenvalue weighted by Gasteiger charge is 2.16. The zero-order valence-corrected chi connectivity index (χ0v) is 18.2. The third kappa shape index (κ3) is 5.73. The number of guanidine groups is 1. The molecule has 3 rings (SSSR count). The summed E-state index contributed by atoms with van der Waals surface area (Å²) < 4.78 is 13.1. The molecule has 148 valence electrons. The number of rotatable bonds is 5. The van der Waals surface area contributed by atoms with E-state index in [1.54, 1.807) is 4.68 Å². The van der Waals surface area contributed by atoms with E-state index in [0.29, 0.717) is 25.7 Å². The van der Waals surface area contributed by atoms with Crippen molar-refractivity contribution in [3.05, 3.63) is 36.2 Å². The minimum absolute atomic E-state index is 0. The van der Waals surface area contributed by atoms with Gasteiger partial charge < -0.3 is 25.4 Å². The number of hydrogen-bond donors (Lipinski definition) is 2. The Balaban J connectivity index is 0.00000261. The lowest BCUT2D eigenvalue weighted by atomic mass is 10.1. The Morgan fingerprint density at radius 1 is 1.33 bits per heavy atom. The number of nitrogens with two attached hydrogens (primary N) is 1. The van der Waals surface area contributed by atoms with E-state index in [1.807, 2.05) is 51.7 Å². The number of benzene rings is 1. The van der Waals surface area contributed by atoms with E-state index in [4.69, 9.17) is 15.2 Å². The monoisotopic (exact) mass is 486 g/mol. The number of hydrogen-bond acceptors (Lipinski definition) is 5. The lowest BCUT2D eigenvalue weighted by Crippen LogP contribution is -2.27. The summed E-state index contributed by atoms with van der Waals surface area (Å²) >= 11 is 0. The number of aryl methyl sites for hydroxylation is 1. The molecule has 0 fully saturated rings. The average Bonchev–Trinajstić information content (AvgIpc) is 2.88. The Morgan fingerprint density at radius 2 is 2.07 bits per heavy atom. The quantitative estimate of drug-likeness (QED) is 0.383. The second-order valence-corrected chi connectivity index (χ2v) is 6.49. The Hall–Kier alpha value is -2.01. The summed E-state index contributed by atoms with van der Waals surface area (Å²) in [5.41, 5.74) is 7.99. The molecule has 0 aliphatic carbocycles. The van der Waals surface area contributed by atoms with Gasteiger partial charge >= 0.3 is 0 Å². The van der Waals surface area contributed by atoms with Crippen LogP contribution in [0.1, 0.15) is 18.0 Å². The standard InChI is InChI=1S/C18H26N6O2.HI/c1-23(2)15(13-10-21-24(3)12-13)11-20-18(19)22-14-5-6-16-17(9-14)26-8-4-7-25-16;/h5-6,9-10,12,15H,4,7-8,11H2,1-3H3,(H3,19,20,22);1H. The van der Waals surface area contributed by atoms with Crippen molar-refractivity contribution in [3.63, 3.8) is 0 Å². The predicted molar refractivity (Wildman–Crippen MR) is 117 cm³/mol. The number of nitrogens with zero attached hydrogens (tertiary/aromatic N) is 4. The van der Waals surface area contributed by atoms with Crippen molar-refractivity contribution < 1.29 is 9.47 Å². The maximum atomic E-state index is 6.07.